The van der Waals surface area contributed by atoms with Gasteiger partial charge in [0.1, 0.15) is 35.5 Å². The summed E-state index contributed by atoms with van der Waals surface area (Å²) in [6.45, 7) is 0.0800. The third kappa shape index (κ3) is 5.03. The van der Waals surface area contributed by atoms with Gasteiger partial charge in [0.15, 0.2) is 0 Å². The molecule has 0 bridgehead atoms. The highest BCUT2D eigenvalue weighted by Gasteiger charge is 2.15. The van der Waals surface area contributed by atoms with Crippen LogP contribution in [0.1, 0.15) is 11.1 Å². The molecule has 34 heavy (non-hydrogen) atoms. The van der Waals surface area contributed by atoms with Crippen LogP contribution in [0.15, 0.2) is 90.6 Å². The number of halogens is 1. The number of nitriles is 1. The second-order valence-corrected chi connectivity index (χ2v) is 7.37. The molecule has 0 aliphatic heterocycles. The first-order valence-electron chi connectivity index (χ1n) is 10.5. The summed E-state index contributed by atoms with van der Waals surface area (Å²) in [7, 11) is 1.47. The number of likely N-dealkylation sites (N-methyl/N-ethyl adjacent to an activating group) is 1. The largest absolute Gasteiger partial charge is 0.489 e. The molecule has 1 amide bonds. The molecule has 168 valence electrons. The van der Waals surface area contributed by atoms with Crippen LogP contribution in [0.2, 0.25) is 0 Å². The monoisotopic (exact) mass is 452 g/mol. The molecule has 6 nitrogen and oxygen atoms in total. The lowest BCUT2D eigenvalue weighted by Crippen LogP contribution is -2.19. The molecule has 0 aliphatic carbocycles. The van der Waals surface area contributed by atoms with Crippen molar-refractivity contribution in [2.24, 2.45) is 0 Å². The summed E-state index contributed by atoms with van der Waals surface area (Å²) < 4.78 is 21.4. The Morgan fingerprint density at radius 2 is 1.88 bits per heavy atom. The normalized spacial score (nSPS) is 11.0. The van der Waals surface area contributed by atoms with Gasteiger partial charge in [-0.05, 0) is 36.4 Å². The Bertz CT molecular complexity index is 1390. The molecule has 0 spiro atoms. The summed E-state index contributed by atoms with van der Waals surface area (Å²) in [6, 6.07) is 25.1. The Morgan fingerprint density at radius 3 is 2.62 bits per heavy atom. The first kappa shape index (κ1) is 22.5. The molecule has 1 N–H and O–H groups in total. The number of hydrogen-bond acceptors (Lipinski definition) is 4. The number of carbonyl (C=O) groups excluding carboxylic acids is 1. The van der Waals surface area contributed by atoms with E-state index in [2.05, 4.69) is 5.32 Å². The minimum absolute atomic E-state index is 0.0386. The van der Waals surface area contributed by atoms with Gasteiger partial charge in [0, 0.05) is 29.9 Å². The Morgan fingerprint density at radius 1 is 1.12 bits per heavy atom. The standard InChI is InChI=1S/C27H21FN4O2/c1-30-27(33)21(16-29)14-22-17-32(23-10-3-2-4-11-23)31-26(22)19-9-7-12-24(15-19)34-18-20-8-5-6-13-25(20)28/h2-15,17H,18H2,1H3,(H,30,33). The second-order valence-electron chi connectivity index (χ2n) is 7.37. The van der Waals surface area contributed by atoms with Crippen LogP contribution < -0.4 is 10.1 Å². The average molecular weight is 452 g/mol. The number of rotatable bonds is 7. The van der Waals surface area contributed by atoms with E-state index < -0.39 is 5.91 Å². The highest BCUT2D eigenvalue weighted by atomic mass is 19.1. The van der Waals surface area contributed by atoms with Crippen molar-refractivity contribution in [1.82, 2.24) is 15.1 Å². The van der Waals surface area contributed by atoms with Crippen LogP contribution in [0, 0.1) is 17.1 Å². The van der Waals surface area contributed by atoms with Crippen molar-refractivity contribution < 1.29 is 13.9 Å². The first-order valence-corrected chi connectivity index (χ1v) is 10.5. The molecule has 7 heteroatoms. The zero-order chi connectivity index (χ0) is 23.9. The smallest absolute Gasteiger partial charge is 0.261 e. The summed E-state index contributed by atoms with van der Waals surface area (Å²) in [4.78, 5) is 12.1. The van der Waals surface area contributed by atoms with Gasteiger partial charge < -0.3 is 10.1 Å². The molecule has 0 radical (unpaired) electrons. The van der Waals surface area contributed by atoms with Crippen LogP contribution in [0.4, 0.5) is 4.39 Å². The van der Waals surface area contributed by atoms with Crippen LogP contribution in [0.3, 0.4) is 0 Å². The maximum Gasteiger partial charge on any atom is 0.261 e. The number of hydrogen-bond donors (Lipinski definition) is 1. The number of nitrogens with zero attached hydrogens (tertiary/aromatic N) is 3. The van der Waals surface area contributed by atoms with Gasteiger partial charge in [-0.25, -0.2) is 9.07 Å². The topological polar surface area (TPSA) is 79.9 Å². The predicted octanol–water partition coefficient (Wildman–Crippen LogP) is 4.91. The highest BCUT2D eigenvalue weighted by molar-refractivity contribution is 6.02. The lowest BCUT2D eigenvalue weighted by Gasteiger charge is -2.09. The molecule has 4 rings (SSSR count). The van der Waals surface area contributed by atoms with Gasteiger partial charge in [-0.15, -0.1) is 0 Å². The lowest BCUT2D eigenvalue weighted by molar-refractivity contribution is -0.116. The predicted molar refractivity (Wildman–Crippen MR) is 127 cm³/mol. The third-order valence-corrected chi connectivity index (χ3v) is 5.11. The molecule has 3 aromatic carbocycles. The molecule has 0 saturated carbocycles. The van der Waals surface area contributed by atoms with Gasteiger partial charge in [-0.1, -0.05) is 48.5 Å². The molecule has 0 aliphatic rings. The van der Waals surface area contributed by atoms with Crippen molar-refractivity contribution in [2.75, 3.05) is 7.05 Å². The van der Waals surface area contributed by atoms with Gasteiger partial charge in [-0.2, -0.15) is 10.4 Å². The molecule has 1 heterocycles. The van der Waals surface area contributed by atoms with E-state index in [9.17, 15) is 14.4 Å². The van der Waals surface area contributed by atoms with Gasteiger partial charge >= 0.3 is 0 Å². The average Bonchev–Trinajstić information content (AvgIpc) is 3.31. The number of para-hydroxylation sites is 1. The number of ether oxygens (including phenoxy) is 1. The fraction of sp³-hybridized carbons (Fsp3) is 0.0741. The Hall–Kier alpha value is -4.70. The van der Waals surface area contributed by atoms with Crippen LogP contribution in [-0.2, 0) is 11.4 Å². The molecule has 0 unspecified atom stereocenters. The summed E-state index contributed by atoms with van der Waals surface area (Å²) >= 11 is 0. The molecular weight excluding hydrogens is 431 g/mol. The van der Waals surface area contributed by atoms with E-state index in [1.165, 1.54) is 19.2 Å². The fourth-order valence-electron chi connectivity index (χ4n) is 3.38. The minimum atomic E-state index is -0.483. The second kappa shape index (κ2) is 10.3. The minimum Gasteiger partial charge on any atom is -0.489 e. The van der Waals surface area contributed by atoms with Crippen molar-refractivity contribution in [1.29, 1.82) is 5.26 Å². The maximum atomic E-state index is 13.9. The van der Waals surface area contributed by atoms with Gasteiger partial charge in [0.2, 0.25) is 0 Å². The van der Waals surface area contributed by atoms with Crippen LogP contribution in [-0.4, -0.2) is 22.7 Å². The number of amides is 1. The summed E-state index contributed by atoms with van der Waals surface area (Å²) in [5.41, 5.74) is 3.12. The van der Waals surface area contributed by atoms with E-state index in [1.54, 1.807) is 41.2 Å². The lowest BCUT2D eigenvalue weighted by atomic mass is 10.1. The van der Waals surface area contributed by atoms with Crippen molar-refractivity contribution in [2.45, 2.75) is 6.61 Å². The molecule has 0 atom stereocenters. The third-order valence-electron chi connectivity index (χ3n) is 5.11. The quantitative estimate of drug-likeness (QED) is 0.319. The summed E-state index contributed by atoms with van der Waals surface area (Å²) in [5, 5.41) is 16.6. The zero-order valence-electron chi connectivity index (χ0n) is 18.4. The van der Waals surface area contributed by atoms with E-state index in [0.717, 1.165) is 11.3 Å². The number of aromatic nitrogens is 2. The van der Waals surface area contributed by atoms with E-state index in [0.29, 0.717) is 22.6 Å². The molecule has 0 fully saturated rings. The van der Waals surface area contributed by atoms with Gasteiger partial charge in [0.05, 0.1) is 5.69 Å². The van der Waals surface area contributed by atoms with Crippen LogP contribution >= 0.6 is 0 Å². The van der Waals surface area contributed by atoms with Crippen molar-refractivity contribution >= 4 is 12.0 Å². The number of benzene rings is 3. The van der Waals surface area contributed by atoms with E-state index in [1.807, 2.05) is 48.5 Å². The van der Waals surface area contributed by atoms with Gasteiger partial charge in [-0.3, -0.25) is 4.79 Å². The molecule has 0 saturated heterocycles. The highest BCUT2D eigenvalue weighted by Crippen LogP contribution is 2.29. The zero-order valence-corrected chi connectivity index (χ0v) is 18.4. The summed E-state index contributed by atoms with van der Waals surface area (Å²) in [6.07, 6.45) is 3.27. The fourth-order valence-corrected chi connectivity index (χ4v) is 3.38. The maximum absolute atomic E-state index is 13.9. The Kier molecular flexibility index (Phi) is 6.80. The van der Waals surface area contributed by atoms with E-state index >= 15 is 0 Å². The van der Waals surface area contributed by atoms with Gasteiger partial charge in [0.25, 0.3) is 5.91 Å². The Labute approximate surface area is 196 Å². The SMILES string of the molecule is CNC(=O)C(C#N)=Cc1cn(-c2ccccc2)nc1-c1cccc(OCc2ccccc2F)c1. The van der Waals surface area contributed by atoms with Crippen molar-refractivity contribution in [3.63, 3.8) is 0 Å². The Balaban J connectivity index is 1.73. The van der Waals surface area contributed by atoms with Crippen molar-refractivity contribution in [3.8, 4) is 28.8 Å². The number of nitrogens with one attached hydrogen (secondary N) is 1. The van der Waals surface area contributed by atoms with Crippen LogP contribution in [0.25, 0.3) is 23.0 Å². The van der Waals surface area contributed by atoms with Crippen molar-refractivity contribution in [3.05, 3.63) is 108 Å². The summed E-state index contributed by atoms with van der Waals surface area (Å²) in [5.74, 6) is -0.273. The van der Waals surface area contributed by atoms with Crippen LogP contribution in [0.5, 0.6) is 5.75 Å². The first-order chi connectivity index (χ1) is 16.6. The molecular formula is C27H21FN4O2. The molecule has 1 aromatic heterocycles. The van der Waals surface area contributed by atoms with E-state index in [-0.39, 0.29) is 18.0 Å². The molecule has 4 aromatic rings. The number of carbonyl (C=O) groups is 1. The van der Waals surface area contributed by atoms with E-state index in [4.69, 9.17) is 9.84 Å².